The molecule has 0 aliphatic carbocycles. The molecule has 3 nitrogen and oxygen atoms in total. The van der Waals surface area contributed by atoms with Gasteiger partial charge < -0.3 is 15.1 Å². The van der Waals surface area contributed by atoms with Crippen LogP contribution in [0.25, 0.3) is 0 Å². The molecule has 2 aromatic rings. The molecule has 1 aromatic carbocycles. The molecule has 0 saturated carbocycles. The Morgan fingerprint density at radius 1 is 1.26 bits per heavy atom. The van der Waals surface area contributed by atoms with E-state index in [0.29, 0.717) is 0 Å². The topological polar surface area (TPSA) is 42.4 Å². The van der Waals surface area contributed by atoms with E-state index in [9.17, 15) is 0 Å². The van der Waals surface area contributed by atoms with Gasteiger partial charge in [-0.15, -0.1) is 0 Å². The second-order valence-electron chi connectivity index (χ2n) is 4.93. The first kappa shape index (κ1) is 13.7. The number of anilines is 1. The van der Waals surface area contributed by atoms with Crippen LogP contribution in [0, 0.1) is 6.92 Å². The first-order valence-electron chi connectivity index (χ1n) is 6.72. The average molecular weight is 258 g/mol. The van der Waals surface area contributed by atoms with Gasteiger partial charge in [-0.2, -0.15) is 0 Å². The molecular weight excluding hydrogens is 236 g/mol. The minimum atomic E-state index is 0.0871. The van der Waals surface area contributed by atoms with Crippen LogP contribution in [-0.2, 0) is 6.54 Å². The SMILES string of the molecule is CC[C@H](N)c1ccccc1N(C)Cc1ccoc1C. The van der Waals surface area contributed by atoms with E-state index in [1.54, 1.807) is 6.26 Å². The molecule has 0 radical (unpaired) electrons. The molecule has 2 N–H and O–H groups in total. The van der Waals surface area contributed by atoms with Gasteiger partial charge in [-0.1, -0.05) is 25.1 Å². The van der Waals surface area contributed by atoms with Crippen molar-refractivity contribution in [1.82, 2.24) is 0 Å². The Hall–Kier alpha value is -1.74. The van der Waals surface area contributed by atoms with E-state index in [0.717, 1.165) is 18.7 Å². The summed E-state index contributed by atoms with van der Waals surface area (Å²) in [6, 6.07) is 10.5. The van der Waals surface area contributed by atoms with Gasteiger partial charge in [0.1, 0.15) is 5.76 Å². The van der Waals surface area contributed by atoms with E-state index < -0.39 is 0 Å². The number of benzene rings is 1. The van der Waals surface area contributed by atoms with Crippen molar-refractivity contribution in [1.29, 1.82) is 0 Å². The van der Waals surface area contributed by atoms with Crippen LogP contribution in [0.2, 0.25) is 0 Å². The molecule has 0 bridgehead atoms. The number of hydrogen-bond donors (Lipinski definition) is 1. The van der Waals surface area contributed by atoms with Crippen molar-refractivity contribution >= 4 is 5.69 Å². The molecule has 0 amide bonds. The lowest BCUT2D eigenvalue weighted by Crippen LogP contribution is -2.21. The van der Waals surface area contributed by atoms with Crippen LogP contribution in [0.1, 0.15) is 36.3 Å². The van der Waals surface area contributed by atoms with Crippen LogP contribution < -0.4 is 10.6 Å². The van der Waals surface area contributed by atoms with Gasteiger partial charge in [0.25, 0.3) is 0 Å². The minimum Gasteiger partial charge on any atom is -0.469 e. The predicted octanol–water partition coefficient (Wildman–Crippen LogP) is 3.63. The largest absolute Gasteiger partial charge is 0.469 e. The number of para-hydroxylation sites is 1. The zero-order chi connectivity index (χ0) is 13.8. The molecule has 0 saturated heterocycles. The van der Waals surface area contributed by atoms with Crippen LogP contribution in [0.15, 0.2) is 41.0 Å². The van der Waals surface area contributed by atoms with Crippen molar-refractivity contribution < 1.29 is 4.42 Å². The molecule has 1 atom stereocenters. The Bertz CT molecular complexity index is 533. The number of furan rings is 1. The predicted molar refractivity (Wildman–Crippen MR) is 79.2 cm³/mol. The second kappa shape index (κ2) is 5.93. The lowest BCUT2D eigenvalue weighted by atomic mass is 10.0. The highest BCUT2D eigenvalue weighted by Gasteiger charge is 2.13. The number of hydrogen-bond acceptors (Lipinski definition) is 3. The molecule has 1 aromatic heterocycles. The van der Waals surface area contributed by atoms with Crippen LogP contribution >= 0.6 is 0 Å². The quantitative estimate of drug-likeness (QED) is 0.890. The van der Waals surface area contributed by atoms with Gasteiger partial charge in [0.15, 0.2) is 0 Å². The van der Waals surface area contributed by atoms with Crippen molar-refractivity contribution in [2.24, 2.45) is 5.73 Å². The lowest BCUT2D eigenvalue weighted by molar-refractivity contribution is 0.529. The van der Waals surface area contributed by atoms with E-state index in [1.807, 2.05) is 19.1 Å². The zero-order valence-corrected chi connectivity index (χ0v) is 11.9. The Labute approximate surface area is 115 Å². The standard InChI is InChI=1S/C16H22N2O/c1-4-15(17)14-7-5-6-8-16(14)18(3)11-13-9-10-19-12(13)2/h5-10,15H,4,11,17H2,1-3H3/t15-/m0/s1. The summed E-state index contributed by atoms with van der Waals surface area (Å²) in [5.41, 5.74) is 9.80. The summed E-state index contributed by atoms with van der Waals surface area (Å²) >= 11 is 0. The van der Waals surface area contributed by atoms with E-state index in [4.69, 9.17) is 10.2 Å². The van der Waals surface area contributed by atoms with Gasteiger partial charge >= 0.3 is 0 Å². The van der Waals surface area contributed by atoms with E-state index in [2.05, 4.69) is 37.1 Å². The molecule has 102 valence electrons. The van der Waals surface area contributed by atoms with Crippen LogP contribution in [0.3, 0.4) is 0 Å². The number of rotatable bonds is 5. The van der Waals surface area contributed by atoms with Crippen molar-refractivity contribution in [2.75, 3.05) is 11.9 Å². The van der Waals surface area contributed by atoms with Crippen LogP contribution in [0.5, 0.6) is 0 Å². The highest BCUT2D eigenvalue weighted by molar-refractivity contribution is 5.54. The summed E-state index contributed by atoms with van der Waals surface area (Å²) in [4.78, 5) is 2.22. The Kier molecular flexibility index (Phi) is 4.27. The van der Waals surface area contributed by atoms with Crippen LogP contribution in [-0.4, -0.2) is 7.05 Å². The monoisotopic (exact) mass is 258 g/mol. The molecule has 0 fully saturated rings. The number of aryl methyl sites for hydroxylation is 1. The first-order chi connectivity index (χ1) is 9.13. The fourth-order valence-corrected chi connectivity index (χ4v) is 2.28. The van der Waals surface area contributed by atoms with Crippen molar-refractivity contribution in [3.05, 3.63) is 53.5 Å². The summed E-state index contributed by atoms with van der Waals surface area (Å²) in [6.07, 6.45) is 2.68. The molecule has 19 heavy (non-hydrogen) atoms. The summed E-state index contributed by atoms with van der Waals surface area (Å²) in [5.74, 6) is 0.976. The van der Waals surface area contributed by atoms with E-state index in [-0.39, 0.29) is 6.04 Å². The molecular formula is C16H22N2O. The lowest BCUT2D eigenvalue weighted by Gasteiger charge is -2.24. The minimum absolute atomic E-state index is 0.0871. The third-order valence-electron chi connectivity index (χ3n) is 3.56. The Balaban J connectivity index is 2.24. The molecule has 0 aliphatic rings. The highest BCUT2D eigenvalue weighted by Crippen LogP contribution is 2.27. The Morgan fingerprint density at radius 3 is 2.63 bits per heavy atom. The van der Waals surface area contributed by atoms with Crippen molar-refractivity contribution in [3.8, 4) is 0 Å². The van der Waals surface area contributed by atoms with Crippen molar-refractivity contribution in [3.63, 3.8) is 0 Å². The second-order valence-corrected chi connectivity index (χ2v) is 4.93. The summed E-state index contributed by atoms with van der Waals surface area (Å²) in [7, 11) is 2.09. The molecule has 3 heteroatoms. The summed E-state index contributed by atoms with van der Waals surface area (Å²) in [6.45, 7) is 4.93. The first-order valence-corrected chi connectivity index (χ1v) is 6.72. The van der Waals surface area contributed by atoms with E-state index >= 15 is 0 Å². The smallest absolute Gasteiger partial charge is 0.105 e. The maximum atomic E-state index is 6.19. The van der Waals surface area contributed by atoms with E-state index in [1.165, 1.54) is 16.8 Å². The third kappa shape index (κ3) is 2.99. The van der Waals surface area contributed by atoms with Gasteiger partial charge in [-0.05, 0) is 31.0 Å². The van der Waals surface area contributed by atoms with Gasteiger partial charge in [0.05, 0.1) is 6.26 Å². The van der Waals surface area contributed by atoms with Gasteiger partial charge in [0.2, 0.25) is 0 Å². The number of nitrogens with zero attached hydrogens (tertiary/aromatic N) is 1. The molecule has 2 rings (SSSR count). The number of nitrogens with two attached hydrogens (primary N) is 1. The normalized spacial score (nSPS) is 12.4. The molecule has 0 spiro atoms. The van der Waals surface area contributed by atoms with Gasteiger partial charge in [-0.3, -0.25) is 0 Å². The van der Waals surface area contributed by atoms with Gasteiger partial charge in [-0.25, -0.2) is 0 Å². The molecule has 1 heterocycles. The summed E-state index contributed by atoms with van der Waals surface area (Å²) < 4.78 is 5.35. The van der Waals surface area contributed by atoms with Crippen molar-refractivity contribution in [2.45, 2.75) is 32.9 Å². The molecule has 0 aliphatic heterocycles. The average Bonchev–Trinajstić information content (AvgIpc) is 2.83. The fraction of sp³-hybridized carbons (Fsp3) is 0.375. The molecule has 0 unspecified atom stereocenters. The van der Waals surface area contributed by atoms with Crippen LogP contribution in [0.4, 0.5) is 5.69 Å². The maximum Gasteiger partial charge on any atom is 0.105 e. The zero-order valence-electron chi connectivity index (χ0n) is 11.9. The van der Waals surface area contributed by atoms with Gasteiger partial charge in [0, 0.05) is 30.9 Å². The Morgan fingerprint density at radius 2 is 2.00 bits per heavy atom. The fourth-order valence-electron chi connectivity index (χ4n) is 2.28. The maximum absolute atomic E-state index is 6.19. The third-order valence-corrected chi connectivity index (χ3v) is 3.56. The highest BCUT2D eigenvalue weighted by atomic mass is 16.3. The summed E-state index contributed by atoms with van der Waals surface area (Å²) in [5, 5.41) is 0.